The Kier molecular flexibility index (Phi) is 3.79. The number of hydrogen-bond acceptors (Lipinski definition) is 2. The summed E-state index contributed by atoms with van der Waals surface area (Å²) in [6.45, 7) is 0.656. The normalized spacial score (nSPS) is 17.8. The molecular weight excluding hydrogens is 277 g/mol. The number of fused-ring (bicyclic) bond motifs is 1. The van der Waals surface area contributed by atoms with Crippen molar-refractivity contribution in [1.29, 1.82) is 0 Å². The van der Waals surface area contributed by atoms with Crippen LogP contribution in [0.3, 0.4) is 0 Å². The molecule has 0 spiro atoms. The van der Waals surface area contributed by atoms with E-state index in [0.717, 1.165) is 18.5 Å². The second kappa shape index (κ2) is 5.71. The monoisotopic (exact) mass is 291 g/mol. The number of benzene rings is 2. The van der Waals surface area contributed by atoms with E-state index in [4.69, 9.17) is 16.3 Å². The van der Waals surface area contributed by atoms with Crippen LogP contribution in [0, 0.1) is 5.82 Å². The lowest BCUT2D eigenvalue weighted by molar-refractivity contribution is 0.197. The van der Waals surface area contributed by atoms with Crippen LogP contribution in [0.1, 0.15) is 12.0 Å². The minimum Gasteiger partial charge on any atom is -0.485 e. The summed E-state index contributed by atoms with van der Waals surface area (Å²) in [7, 11) is 0. The van der Waals surface area contributed by atoms with Crippen LogP contribution in [0.5, 0.6) is 5.75 Å². The van der Waals surface area contributed by atoms with Crippen LogP contribution >= 0.6 is 11.6 Å². The van der Waals surface area contributed by atoms with Crippen LogP contribution in [0.25, 0.3) is 0 Å². The van der Waals surface area contributed by atoms with Crippen molar-refractivity contribution in [3.8, 4) is 5.75 Å². The lowest BCUT2D eigenvalue weighted by Gasteiger charge is -2.18. The Balaban J connectivity index is 1.73. The topological polar surface area (TPSA) is 21.3 Å². The molecule has 0 saturated carbocycles. The van der Waals surface area contributed by atoms with Gasteiger partial charge in [-0.2, -0.15) is 0 Å². The predicted octanol–water partition coefficient (Wildman–Crippen LogP) is 4.28. The Morgan fingerprint density at radius 3 is 2.90 bits per heavy atom. The summed E-state index contributed by atoms with van der Waals surface area (Å²) in [6.07, 6.45) is 1.68. The molecule has 0 saturated heterocycles. The molecule has 0 radical (unpaired) electrons. The highest BCUT2D eigenvalue weighted by Crippen LogP contribution is 2.27. The Labute approximate surface area is 122 Å². The lowest BCUT2D eigenvalue weighted by atomic mass is 10.1. The summed E-state index contributed by atoms with van der Waals surface area (Å²) in [6, 6.07) is 13.0. The number of anilines is 1. The Bertz CT molecular complexity index is 590. The Morgan fingerprint density at radius 2 is 2.00 bits per heavy atom. The summed E-state index contributed by atoms with van der Waals surface area (Å²) in [4.78, 5) is 0. The van der Waals surface area contributed by atoms with Gasteiger partial charge < -0.3 is 10.1 Å². The number of ether oxygens (including phenoxy) is 1. The first-order chi connectivity index (χ1) is 9.74. The highest BCUT2D eigenvalue weighted by Gasteiger charge is 2.18. The molecule has 2 nitrogen and oxygen atoms in total. The molecule has 0 bridgehead atoms. The highest BCUT2D eigenvalue weighted by atomic mass is 35.5. The van der Waals surface area contributed by atoms with Crippen molar-refractivity contribution in [3.63, 3.8) is 0 Å². The van der Waals surface area contributed by atoms with Gasteiger partial charge in [0, 0.05) is 5.69 Å². The van der Waals surface area contributed by atoms with E-state index in [-0.39, 0.29) is 16.9 Å². The van der Waals surface area contributed by atoms with E-state index in [1.807, 2.05) is 12.1 Å². The fourth-order valence-electron chi connectivity index (χ4n) is 2.41. The second-order valence-corrected chi connectivity index (χ2v) is 5.28. The summed E-state index contributed by atoms with van der Waals surface area (Å²) in [5.41, 5.74) is 2.40. The molecule has 1 aliphatic heterocycles. The Hall–Kier alpha value is -1.74. The van der Waals surface area contributed by atoms with Gasteiger partial charge in [-0.05, 0) is 36.6 Å². The standard InChI is InChI=1S/C16H15ClFNO/c17-13-5-3-7-15(16(13)18)20-12-9-8-11-4-1-2-6-14(11)19-10-12/h1-7,12,19H,8-10H2. The first-order valence-electron chi connectivity index (χ1n) is 6.66. The minimum absolute atomic E-state index is 0.0737. The third kappa shape index (κ3) is 2.73. The SMILES string of the molecule is Fc1c(Cl)cccc1OC1CCc2ccccc2NC1. The predicted molar refractivity (Wildman–Crippen MR) is 79.1 cm³/mol. The van der Waals surface area contributed by atoms with Gasteiger partial charge in [-0.15, -0.1) is 0 Å². The summed E-state index contributed by atoms with van der Waals surface area (Å²) < 4.78 is 19.6. The van der Waals surface area contributed by atoms with Gasteiger partial charge in [0.2, 0.25) is 0 Å². The Morgan fingerprint density at radius 1 is 1.15 bits per heavy atom. The van der Waals surface area contributed by atoms with Crippen LogP contribution in [0.15, 0.2) is 42.5 Å². The third-order valence-corrected chi connectivity index (χ3v) is 3.77. The number of halogens is 2. The van der Waals surface area contributed by atoms with Crippen molar-refractivity contribution in [2.24, 2.45) is 0 Å². The molecule has 2 aromatic carbocycles. The fraction of sp³-hybridized carbons (Fsp3) is 0.250. The minimum atomic E-state index is -0.490. The van der Waals surface area contributed by atoms with Crippen LogP contribution in [-0.2, 0) is 6.42 Å². The van der Waals surface area contributed by atoms with E-state index in [0.29, 0.717) is 6.54 Å². The summed E-state index contributed by atoms with van der Waals surface area (Å²) >= 11 is 5.77. The van der Waals surface area contributed by atoms with E-state index >= 15 is 0 Å². The van der Waals surface area contributed by atoms with E-state index in [1.165, 1.54) is 11.6 Å². The molecule has 2 aromatic rings. The van der Waals surface area contributed by atoms with Crippen molar-refractivity contribution in [2.75, 3.05) is 11.9 Å². The average molecular weight is 292 g/mol. The number of rotatable bonds is 2. The lowest BCUT2D eigenvalue weighted by Crippen LogP contribution is -2.25. The summed E-state index contributed by atoms with van der Waals surface area (Å²) in [5, 5.41) is 3.44. The zero-order valence-corrected chi connectivity index (χ0v) is 11.7. The maximum absolute atomic E-state index is 13.8. The van der Waals surface area contributed by atoms with Crippen LogP contribution in [0.2, 0.25) is 5.02 Å². The third-order valence-electron chi connectivity index (χ3n) is 3.48. The van der Waals surface area contributed by atoms with Gasteiger partial charge in [0.15, 0.2) is 11.6 Å². The first kappa shape index (κ1) is 13.3. The largest absolute Gasteiger partial charge is 0.485 e. The number of hydrogen-bond donors (Lipinski definition) is 1. The smallest absolute Gasteiger partial charge is 0.183 e. The van der Waals surface area contributed by atoms with E-state index < -0.39 is 5.82 Å². The first-order valence-corrected chi connectivity index (χ1v) is 7.04. The van der Waals surface area contributed by atoms with Crippen LogP contribution < -0.4 is 10.1 Å². The van der Waals surface area contributed by atoms with Crippen molar-refractivity contribution in [2.45, 2.75) is 18.9 Å². The van der Waals surface area contributed by atoms with Gasteiger partial charge in [0.25, 0.3) is 0 Å². The van der Waals surface area contributed by atoms with Crippen molar-refractivity contribution in [1.82, 2.24) is 0 Å². The van der Waals surface area contributed by atoms with E-state index in [1.54, 1.807) is 12.1 Å². The fourth-order valence-corrected chi connectivity index (χ4v) is 2.57. The molecule has 1 heterocycles. The van der Waals surface area contributed by atoms with Gasteiger partial charge in [-0.3, -0.25) is 0 Å². The van der Waals surface area contributed by atoms with Gasteiger partial charge in [0.05, 0.1) is 11.6 Å². The van der Waals surface area contributed by atoms with E-state index in [2.05, 4.69) is 17.4 Å². The van der Waals surface area contributed by atoms with Crippen molar-refractivity contribution >= 4 is 17.3 Å². The molecule has 104 valence electrons. The second-order valence-electron chi connectivity index (χ2n) is 4.87. The number of nitrogens with one attached hydrogen (secondary N) is 1. The molecule has 1 atom stereocenters. The van der Waals surface area contributed by atoms with Gasteiger partial charge in [0.1, 0.15) is 6.10 Å². The van der Waals surface area contributed by atoms with Crippen molar-refractivity contribution < 1.29 is 9.13 Å². The maximum Gasteiger partial charge on any atom is 0.183 e. The van der Waals surface area contributed by atoms with Crippen LogP contribution in [0.4, 0.5) is 10.1 Å². The van der Waals surface area contributed by atoms with Crippen LogP contribution in [-0.4, -0.2) is 12.6 Å². The van der Waals surface area contributed by atoms with Gasteiger partial charge >= 0.3 is 0 Å². The summed E-state index contributed by atoms with van der Waals surface area (Å²) in [5.74, 6) is -0.272. The average Bonchev–Trinajstić information content (AvgIpc) is 2.67. The molecule has 3 rings (SSSR count). The number of para-hydroxylation sites is 1. The van der Waals surface area contributed by atoms with Gasteiger partial charge in [-0.25, -0.2) is 4.39 Å². The molecular formula is C16H15ClFNO. The quantitative estimate of drug-likeness (QED) is 0.891. The molecule has 1 unspecified atom stereocenters. The molecule has 20 heavy (non-hydrogen) atoms. The molecule has 0 amide bonds. The zero-order chi connectivity index (χ0) is 13.9. The van der Waals surface area contributed by atoms with Gasteiger partial charge in [-0.1, -0.05) is 35.9 Å². The molecule has 4 heteroatoms. The molecule has 1 aliphatic rings. The molecule has 0 aromatic heterocycles. The maximum atomic E-state index is 13.8. The van der Waals surface area contributed by atoms with E-state index in [9.17, 15) is 4.39 Å². The molecule has 0 fully saturated rings. The zero-order valence-electron chi connectivity index (χ0n) is 10.9. The number of aryl methyl sites for hydroxylation is 1. The highest BCUT2D eigenvalue weighted by molar-refractivity contribution is 6.30. The molecule has 0 aliphatic carbocycles. The van der Waals surface area contributed by atoms with Crippen molar-refractivity contribution in [3.05, 3.63) is 58.9 Å². The molecule has 1 N–H and O–H groups in total.